The Morgan fingerprint density at radius 2 is 1.59 bits per heavy atom. The van der Waals surface area contributed by atoms with E-state index in [1.165, 1.54) is 13.4 Å². The van der Waals surface area contributed by atoms with Crippen molar-refractivity contribution in [2.45, 2.75) is 13.8 Å². The lowest BCUT2D eigenvalue weighted by atomic mass is 10.0. The Balaban J connectivity index is 1.72. The van der Waals surface area contributed by atoms with Gasteiger partial charge < -0.3 is 19.8 Å². The zero-order chi connectivity index (χ0) is 21.0. The van der Waals surface area contributed by atoms with Gasteiger partial charge >= 0.3 is 5.97 Å². The maximum Gasteiger partial charge on any atom is 0.338 e. The standard InChI is InChI=1S/C22H20N2O5/c1-13-11-17(12-18(14(13)2)22(27)28-3)24-20(25)15-6-8-16(9-7-15)23-21(26)19-5-4-10-29-19/h4-12H,1-3H3,(H,23,26)(H,24,25). The number of furan rings is 1. The molecule has 0 atom stereocenters. The number of methoxy groups -OCH3 is 1. The van der Waals surface area contributed by atoms with Crippen LogP contribution >= 0.6 is 0 Å². The van der Waals surface area contributed by atoms with Gasteiger partial charge in [0.1, 0.15) is 0 Å². The fraction of sp³-hybridized carbons (Fsp3) is 0.136. The minimum atomic E-state index is -0.460. The number of anilines is 2. The molecule has 0 saturated carbocycles. The fourth-order valence-corrected chi connectivity index (χ4v) is 2.76. The van der Waals surface area contributed by atoms with E-state index in [2.05, 4.69) is 10.6 Å². The van der Waals surface area contributed by atoms with Gasteiger partial charge in [-0.05, 0) is 73.5 Å². The molecule has 0 bridgehead atoms. The number of hydrogen-bond acceptors (Lipinski definition) is 5. The predicted molar refractivity (Wildman–Crippen MR) is 108 cm³/mol. The van der Waals surface area contributed by atoms with Crippen LogP contribution in [0.5, 0.6) is 0 Å². The van der Waals surface area contributed by atoms with Crippen LogP contribution in [0.15, 0.2) is 59.2 Å². The van der Waals surface area contributed by atoms with Gasteiger partial charge in [0.15, 0.2) is 5.76 Å². The summed E-state index contributed by atoms with van der Waals surface area (Å²) in [5.41, 5.74) is 3.49. The Morgan fingerprint density at radius 1 is 0.897 bits per heavy atom. The summed E-state index contributed by atoms with van der Waals surface area (Å²) in [5.74, 6) is -0.980. The summed E-state index contributed by atoms with van der Waals surface area (Å²) in [4.78, 5) is 36.5. The zero-order valence-electron chi connectivity index (χ0n) is 16.2. The second kappa shape index (κ2) is 8.43. The van der Waals surface area contributed by atoms with Gasteiger partial charge in [0.05, 0.1) is 18.9 Å². The number of hydrogen-bond donors (Lipinski definition) is 2. The lowest BCUT2D eigenvalue weighted by Crippen LogP contribution is -2.14. The first-order chi connectivity index (χ1) is 13.9. The third-order valence-electron chi connectivity index (χ3n) is 4.48. The Kier molecular flexibility index (Phi) is 5.78. The number of benzene rings is 2. The van der Waals surface area contributed by atoms with E-state index in [9.17, 15) is 14.4 Å². The summed E-state index contributed by atoms with van der Waals surface area (Å²) in [6.45, 7) is 3.68. The van der Waals surface area contributed by atoms with Crippen LogP contribution in [0.25, 0.3) is 0 Å². The molecule has 7 heteroatoms. The van der Waals surface area contributed by atoms with Crippen molar-refractivity contribution in [2.24, 2.45) is 0 Å². The molecule has 0 spiro atoms. The third-order valence-corrected chi connectivity index (χ3v) is 4.48. The molecule has 0 saturated heterocycles. The van der Waals surface area contributed by atoms with Crippen LogP contribution in [0, 0.1) is 13.8 Å². The number of nitrogens with one attached hydrogen (secondary N) is 2. The van der Waals surface area contributed by atoms with Crippen molar-refractivity contribution in [1.29, 1.82) is 0 Å². The molecule has 0 aliphatic rings. The van der Waals surface area contributed by atoms with Gasteiger partial charge in [0.25, 0.3) is 11.8 Å². The van der Waals surface area contributed by atoms with E-state index < -0.39 is 5.97 Å². The minimum absolute atomic E-state index is 0.197. The molecule has 0 unspecified atom stereocenters. The summed E-state index contributed by atoms with van der Waals surface area (Å²) < 4.78 is 9.83. The molecule has 3 aromatic rings. The van der Waals surface area contributed by atoms with E-state index in [-0.39, 0.29) is 17.6 Å². The summed E-state index contributed by atoms with van der Waals surface area (Å²) in [7, 11) is 1.31. The molecule has 0 aliphatic heterocycles. The average molecular weight is 392 g/mol. The number of aryl methyl sites for hydroxylation is 1. The highest BCUT2D eigenvalue weighted by Gasteiger charge is 2.15. The van der Waals surface area contributed by atoms with Gasteiger partial charge in [0.2, 0.25) is 0 Å². The summed E-state index contributed by atoms with van der Waals surface area (Å²) in [6.07, 6.45) is 1.42. The Bertz CT molecular complexity index is 1050. The average Bonchev–Trinajstić information content (AvgIpc) is 3.25. The first-order valence-corrected chi connectivity index (χ1v) is 8.85. The van der Waals surface area contributed by atoms with Crippen molar-refractivity contribution in [3.05, 3.63) is 82.8 Å². The number of carbonyl (C=O) groups excluding carboxylic acids is 3. The maximum absolute atomic E-state index is 12.6. The van der Waals surface area contributed by atoms with Gasteiger partial charge in [-0.25, -0.2) is 4.79 Å². The molecular weight excluding hydrogens is 372 g/mol. The third kappa shape index (κ3) is 4.52. The van der Waals surface area contributed by atoms with Crippen LogP contribution in [0.1, 0.15) is 42.4 Å². The quantitative estimate of drug-likeness (QED) is 0.635. The largest absolute Gasteiger partial charge is 0.465 e. The number of rotatable bonds is 5. The number of esters is 1. The molecule has 0 aliphatic carbocycles. The van der Waals surface area contributed by atoms with Gasteiger partial charge in [-0.2, -0.15) is 0 Å². The highest BCUT2D eigenvalue weighted by molar-refractivity contribution is 6.06. The molecule has 7 nitrogen and oxygen atoms in total. The van der Waals surface area contributed by atoms with Crippen LogP contribution < -0.4 is 10.6 Å². The molecule has 2 aromatic carbocycles. The molecule has 2 N–H and O–H groups in total. The van der Waals surface area contributed by atoms with Crippen LogP contribution in [0.2, 0.25) is 0 Å². The number of amides is 2. The Morgan fingerprint density at radius 3 is 2.21 bits per heavy atom. The van der Waals surface area contributed by atoms with Crippen molar-refractivity contribution in [3.63, 3.8) is 0 Å². The Labute approximate surface area is 167 Å². The summed E-state index contributed by atoms with van der Waals surface area (Å²) in [6, 6.07) is 13.0. The SMILES string of the molecule is COC(=O)c1cc(NC(=O)c2ccc(NC(=O)c3ccco3)cc2)cc(C)c1C. The van der Waals surface area contributed by atoms with Crippen molar-refractivity contribution < 1.29 is 23.5 Å². The minimum Gasteiger partial charge on any atom is -0.465 e. The monoisotopic (exact) mass is 392 g/mol. The van der Waals surface area contributed by atoms with Gasteiger partial charge in [-0.1, -0.05) is 0 Å². The number of carbonyl (C=O) groups is 3. The normalized spacial score (nSPS) is 10.3. The number of ether oxygens (including phenoxy) is 1. The van der Waals surface area contributed by atoms with E-state index in [0.29, 0.717) is 22.5 Å². The second-order valence-electron chi connectivity index (χ2n) is 6.42. The van der Waals surface area contributed by atoms with Crippen LogP contribution in [0.3, 0.4) is 0 Å². The lowest BCUT2D eigenvalue weighted by molar-refractivity contribution is 0.0599. The van der Waals surface area contributed by atoms with E-state index in [0.717, 1.165) is 11.1 Å². The topological polar surface area (TPSA) is 97.6 Å². The van der Waals surface area contributed by atoms with E-state index >= 15 is 0 Å². The van der Waals surface area contributed by atoms with Crippen molar-refractivity contribution in [2.75, 3.05) is 17.7 Å². The molecule has 3 rings (SSSR count). The van der Waals surface area contributed by atoms with Crippen molar-refractivity contribution in [3.8, 4) is 0 Å². The first kappa shape index (κ1) is 19.9. The smallest absolute Gasteiger partial charge is 0.338 e. The predicted octanol–water partition coefficient (Wildman–Crippen LogP) is 4.19. The molecule has 0 fully saturated rings. The Hall–Kier alpha value is -3.87. The van der Waals surface area contributed by atoms with Gasteiger partial charge in [-0.3, -0.25) is 9.59 Å². The zero-order valence-corrected chi connectivity index (χ0v) is 16.2. The van der Waals surface area contributed by atoms with Crippen LogP contribution in [-0.2, 0) is 4.74 Å². The molecular formula is C22H20N2O5. The van der Waals surface area contributed by atoms with Gasteiger partial charge in [0, 0.05) is 16.9 Å². The maximum atomic E-state index is 12.6. The first-order valence-electron chi connectivity index (χ1n) is 8.85. The van der Waals surface area contributed by atoms with Crippen molar-refractivity contribution >= 4 is 29.2 Å². The molecule has 148 valence electrons. The summed E-state index contributed by atoms with van der Waals surface area (Å²) >= 11 is 0. The second-order valence-corrected chi connectivity index (χ2v) is 6.42. The summed E-state index contributed by atoms with van der Waals surface area (Å²) in [5, 5.41) is 5.46. The van der Waals surface area contributed by atoms with Crippen molar-refractivity contribution in [1.82, 2.24) is 0 Å². The highest BCUT2D eigenvalue weighted by Crippen LogP contribution is 2.22. The molecule has 29 heavy (non-hydrogen) atoms. The highest BCUT2D eigenvalue weighted by atomic mass is 16.5. The van der Waals surface area contributed by atoms with E-state index in [1.54, 1.807) is 48.5 Å². The molecule has 1 heterocycles. The molecule has 0 radical (unpaired) electrons. The van der Waals surface area contributed by atoms with E-state index in [1.807, 2.05) is 13.8 Å². The fourth-order valence-electron chi connectivity index (χ4n) is 2.76. The lowest BCUT2D eigenvalue weighted by Gasteiger charge is -2.12. The van der Waals surface area contributed by atoms with Crippen LogP contribution in [-0.4, -0.2) is 24.9 Å². The van der Waals surface area contributed by atoms with Crippen LogP contribution in [0.4, 0.5) is 11.4 Å². The molecule has 2 amide bonds. The molecule has 1 aromatic heterocycles. The van der Waals surface area contributed by atoms with Gasteiger partial charge in [-0.15, -0.1) is 0 Å². The van der Waals surface area contributed by atoms with E-state index in [4.69, 9.17) is 9.15 Å².